The average Bonchev–Trinajstić information content (AvgIpc) is 2.74. The third-order valence-electron chi connectivity index (χ3n) is 6.51. The summed E-state index contributed by atoms with van der Waals surface area (Å²) in [5.74, 6) is 0.796. The minimum Gasteiger partial charge on any atom is -0.316 e. The van der Waals surface area contributed by atoms with Crippen LogP contribution in [-0.4, -0.2) is 6.11 Å². The van der Waals surface area contributed by atoms with E-state index in [1.807, 2.05) is 19.1 Å². The molecule has 0 aromatic heterocycles. The van der Waals surface area contributed by atoms with Gasteiger partial charge in [0.2, 0.25) is 0 Å². The van der Waals surface area contributed by atoms with Gasteiger partial charge in [-0.15, -0.1) is 0 Å². The van der Waals surface area contributed by atoms with E-state index in [1.54, 1.807) is 0 Å². The first-order chi connectivity index (χ1) is 14.5. The summed E-state index contributed by atoms with van der Waals surface area (Å²) in [4.78, 5) is 0. The molecule has 0 aliphatic heterocycles. The molecule has 1 fully saturated rings. The van der Waals surface area contributed by atoms with Crippen molar-refractivity contribution in [2.45, 2.75) is 110 Å². The van der Waals surface area contributed by atoms with Crippen molar-refractivity contribution in [3.05, 3.63) is 47.5 Å². The molecule has 1 aromatic rings. The number of alkyl halides is 2. The van der Waals surface area contributed by atoms with Gasteiger partial charge in [0, 0.05) is 6.42 Å². The Hall–Kier alpha value is -1.22. The molecule has 0 amide bonds. The van der Waals surface area contributed by atoms with Gasteiger partial charge < -0.3 is 4.74 Å². The first-order valence-electron chi connectivity index (χ1n) is 12.2. The highest BCUT2D eigenvalue weighted by molar-refractivity contribution is 5.22. The Balaban J connectivity index is 1.65. The quantitative estimate of drug-likeness (QED) is 0.216. The number of hydrogen-bond acceptors (Lipinski definition) is 1. The molecule has 2 rings (SSSR count). The van der Waals surface area contributed by atoms with E-state index in [0.717, 1.165) is 44.1 Å². The topological polar surface area (TPSA) is 9.23 Å². The minimum atomic E-state index is -3.03. The summed E-state index contributed by atoms with van der Waals surface area (Å²) in [6.07, 6.45) is 14.8. The number of hydrogen-bond donors (Lipinski definition) is 0. The summed E-state index contributed by atoms with van der Waals surface area (Å²) in [6.45, 7) is 4.26. The number of benzene rings is 1. The molecule has 30 heavy (non-hydrogen) atoms. The maximum Gasteiger partial charge on any atom is 0.356 e. The maximum atomic E-state index is 14.4. The minimum absolute atomic E-state index is 0.0114. The summed E-state index contributed by atoms with van der Waals surface area (Å²) < 4.78 is 33.8. The van der Waals surface area contributed by atoms with Crippen LogP contribution in [0.1, 0.15) is 102 Å². The Kier molecular flexibility index (Phi) is 11.7. The maximum absolute atomic E-state index is 14.4. The van der Waals surface area contributed by atoms with Crippen molar-refractivity contribution in [3.8, 4) is 0 Å². The van der Waals surface area contributed by atoms with Gasteiger partial charge in [0.25, 0.3) is 0 Å². The fourth-order valence-electron chi connectivity index (χ4n) is 4.54. The Morgan fingerprint density at radius 2 is 1.57 bits per heavy atom. The first-order valence-corrected chi connectivity index (χ1v) is 12.2. The second-order valence-electron chi connectivity index (χ2n) is 9.14. The van der Waals surface area contributed by atoms with Crippen molar-refractivity contribution in [1.29, 1.82) is 0 Å². The zero-order chi connectivity index (χ0) is 21.7. The molecule has 1 nitrogen and oxygen atoms in total. The number of halogens is 2. The lowest BCUT2D eigenvalue weighted by Gasteiger charge is -2.30. The van der Waals surface area contributed by atoms with Crippen LogP contribution in [0.5, 0.6) is 0 Å². The predicted octanol–water partition coefficient (Wildman–Crippen LogP) is 8.86. The van der Waals surface area contributed by atoms with E-state index in [-0.39, 0.29) is 18.9 Å². The van der Waals surface area contributed by atoms with Gasteiger partial charge in [-0.05, 0) is 68.4 Å². The Morgan fingerprint density at radius 1 is 0.933 bits per heavy atom. The highest BCUT2D eigenvalue weighted by Gasteiger charge is 2.35. The van der Waals surface area contributed by atoms with Gasteiger partial charge in [-0.1, -0.05) is 81.9 Å². The van der Waals surface area contributed by atoms with E-state index < -0.39 is 6.11 Å². The standard InChI is InChI=1S/C27H42F2O/c1-3-5-7-8-10-12-24-15-19-26(20-16-24)22-30-27(28,29)21-25-17-13-23(14-18-25)11-9-6-4-2/h4,6,15-16,19-20,23,25H,3,5,7-14,17-18,21-22H2,1-2H3. The zero-order valence-corrected chi connectivity index (χ0v) is 19.2. The van der Waals surface area contributed by atoms with Gasteiger partial charge in [0.05, 0.1) is 6.61 Å². The second kappa shape index (κ2) is 14.0. The molecule has 0 saturated heterocycles. The van der Waals surface area contributed by atoms with E-state index >= 15 is 0 Å². The molecule has 0 atom stereocenters. The molecule has 0 spiro atoms. The third-order valence-corrected chi connectivity index (χ3v) is 6.51. The van der Waals surface area contributed by atoms with Gasteiger partial charge >= 0.3 is 6.11 Å². The van der Waals surface area contributed by atoms with Crippen LogP contribution in [0, 0.1) is 11.8 Å². The SMILES string of the molecule is CC=CCCC1CCC(CC(F)(F)OCc2ccc(CCCCCCC)cc2)CC1. The zero-order valence-electron chi connectivity index (χ0n) is 19.2. The number of aryl methyl sites for hydroxylation is 1. The lowest BCUT2D eigenvalue weighted by Crippen LogP contribution is -2.27. The normalized spacial score (nSPS) is 20.1. The van der Waals surface area contributed by atoms with Crippen LogP contribution in [0.25, 0.3) is 0 Å². The smallest absolute Gasteiger partial charge is 0.316 e. The second-order valence-corrected chi connectivity index (χ2v) is 9.14. The number of allylic oxidation sites excluding steroid dienone is 2. The third kappa shape index (κ3) is 10.2. The first kappa shape index (κ1) is 25.0. The van der Waals surface area contributed by atoms with Crippen molar-refractivity contribution in [1.82, 2.24) is 0 Å². The van der Waals surface area contributed by atoms with E-state index in [9.17, 15) is 8.78 Å². The van der Waals surface area contributed by atoms with E-state index in [2.05, 4.69) is 31.2 Å². The van der Waals surface area contributed by atoms with Crippen molar-refractivity contribution >= 4 is 0 Å². The Labute approximate surface area is 183 Å². The van der Waals surface area contributed by atoms with Crippen LogP contribution in [0.4, 0.5) is 8.78 Å². The van der Waals surface area contributed by atoms with Crippen LogP contribution in [0.2, 0.25) is 0 Å². The number of ether oxygens (including phenoxy) is 1. The van der Waals surface area contributed by atoms with E-state index in [1.165, 1.54) is 44.1 Å². The van der Waals surface area contributed by atoms with Crippen LogP contribution in [-0.2, 0) is 17.8 Å². The van der Waals surface area contributed by atoms with Gasteiger partial charge in [-0.3, -0.25) is 0 Å². The molecule has 3 heteroatoms. The molecule has 1 aromatic carbocycles. The molecule has 0 heterocycles. The molecule has 0 radical (unpaired) electrons. The molecule has 1 aliphatic carbocycles. The highest BCUT2D eigenvalue weighted by Crippen LogP contribution is 2.38. The molecule has 0 bridgehead atoms. The number of rotatable bonds is 14. The summed E-state index contributed by atoms with van der Waals surface area (Å²) >= 11 is 0. The van der Waals surface area contributed by atoms with Crippen LogP contribution in [0.15, 0.2) is 36.4 Å². The summed E-state index contributed by atoms with van der Waals surface area (Å²) in [7, 11) is 0. The molecule has 1 saturated carbocycles. The fraction of sp³-hybridized carbons (Fsp3) is 0.704. The molecule has 1 aliphatic rings. The molecule has 0 unspecified atom stereocenters. The fourth-order valence-corrected chi connectivity index (χ4v) is 4.54. The van der Waals surface area contributed by atoms with Gasteiger partial charge in [-0.2, -0.15) is 8.78 Å². The largest absolute Gasteiger partial charge is 0.356 e. The number of unbranched alkanes of at least 4 members (excludes halogenated alkanes) is 4. The Bertz CT molecular complexity index is 585. The van der Waals surface area contributed by atoms with Gasteiger partial charge in [-0.25, -0.2) is 0 Å². The van der Waals surface area contributed by atoms with Crippen LogP contribution in [0.3, 0.4) is 0 Å². The molecular weight excluding hydrogens is 378 g/mol. The molecule has 0 N–H and O–H groups in total. The van der Waals surface area contributed by atoms with Crippen molar-refractivity contribution < 1.29 is 13.5 Å². The Morgan fingerprint density at radius 3 is 2.23 bits per heavy atom. The van der Waals surface area contributed by atoms with Crippen molar-refractivity contribution in [2.75, 3.05) is 0 Å². The van der Waals surface area contributed by atoms with E-state index in [0.29, 0.717) is 5.92 Å². The molecular formula is C27H42F2O. The lowest BCUT2D eigenvalue weighted by atomic mass is 9.78. The monoisotopic (exact) mass is 420 g/mol. The van der Waals surface area contributed by atoms with Crippen molar-refractivity contribution in [2.24, 2.45) is 11.8 Å². The summed E-state index contributed by atoms with van der Waals surface area (Å²) in [5, 5.41) is 0. The summed E-state index contributed by atoms with van der Waals surface area (Å²) in [5.41, 5.74) is 2.12. The van der Waals surface area contributed by atoms with Gasteiger partial charge in [0.15, 0.2) is 0 Å². The summed E-state index contributed by atoms with van der Waals surface area (Å²) in [6, 6.07) is 8.00. The average molecular weight is 421 g/mol. The predicted molar refractivity (Wildman–Crippen MR) is 123 cm³/mol. The van der Waals surface area contributed by atoms with Gasteiger partial charge in [0.1, 0.15) is 0 Å². The van der Waals surface area contributed by atoms with Crippen molar-refractivity contribution in [3.63, 3.8) is 0 Å². The molecule has 170 valence electrons. The van der Waals surface area contributed by atoms with E-state index in [4.69, 9.17) is 4.74 Å². The lowest BCUT2D eigenvalue weighted by molar-refractivity contribution is -0.256. The van der Waals surface area contributed by atoms with Crippen LogP contribution < -0.4 is 0 Å². The van der Waals surface area contributed by atoms with Crippen LogP contribution >= 0.6 is 0 Å². The highest BCUT2D eigenvalue weighted by atomic mass is 19.3.